The number of hydrogen-bond acceptors (Lipinski definition) is 3. The summed E-state index contributed by atoms with van der Waals surface area (Å²) in [5, 5.41) is 0. The smallest absolute Gasteiger partial charge is 0.0345 e. The van der Waals surface area contributed by atoms with Crippen molar-refractivity contribution in [2.75, 3.05) is 5.75 Å². The minimum Gasteiger partial charge on any atom is -0.271 e. The Bertz CT molecular complexity index is 560. The van der Waals surface area contributed by atoms with Crippen LogP contribution in [0.5, 0.6) is 0 Å². The topological polar surface area (TPSA) is 38.0 Å². The third-order valence-corrected chi connectivity index (χ3v) is 5.31. The van der Waals surface area contributed by atoms with Crippen molar-refractivity contribution in [1.29, 1.82) is 0 Å². The number of hydrazine groups is 1. The molecule has 1 unspecified atom stereocenters. The summed E-state index contributed by atoms with van der Waals surface area (Å²) in [6.45, 7) is 2.14. The second-order valence-corrected chi connectivity index (χ2v) is 6.65. The summed E-state index contributed by atoms with van der Waals surface area (Å²) in [7, 11) is 0. The molecule has 2 aromatic carbocycles. The molecule has 0 aliphatic heterocycles. The summed E-state index contributed by atoms with van der Waals surface area (Å²) < 4.78 is 1.14. The molecule has 20 heavy (non-hydrogen) atoms. The summed E-state index contributed by atoms with van der Waals surface area (Å²) in [5.74, 6) is 6.64. The fourth-order valence-corrected chi connectivity index (χ4v) is 3.52. The molecule has 106 valence electrons. The third-order valence-electron chi connectivity index (χ3n) is 3.19. The second kappa shape index (κ2) is 7.84. The molecular weight excluding hydrogens is 332 g/mol. The summed E-state index contributed by atoms with van der Waals surface area (Å²) in [5.41, 5.74) is 5.52. The van der Waals surface area contributed by atoms with Crippen molar-refractivity contribution in [3.8, 4) is 0 Å². The first-order valence-corrected chi connectivity index (χ1v) is 8.36. The molecule has 0 radical (unpaired) electrons. The Morgan fingerprint density at radius 3 is 2.55 bits per heavy atom. The van der Waals surface area contributed by atoms with Crippen LogP contribution in [-0.4, -0.2) is 11.8 Å². The van der Waals surface area contributed by atoms with E-state index in [9.17, 15) is 0 Å². The maximum absolute atomic E-state index is 5.69. The standard InChI is InChI=1S/C16H19BrN2S/c1-12-6-2-5-9-16(12)20-11-14(19-18)10-13-7-3-4-8-15(13)17/h2-9,14,19H,10-11,18H2,1H3. The van der Waals surface area contributed by atoms with Gasteiger partial charge in [0, 0.05) is 21.2 Å². The number of nitrogens with one attached hydrogen (secondary N) is 1. The summed E-state index contributed by atoms with van der Waals surface area (Å²) >= 11 is 5.43. The van der Waals surface area contributed by atoms with E-state index in [0.29, 0.717) is 0 Å². The molecule has 0 fully saturated rings. The molecule has 0 bridgehead atoms. The monoisotopic (exact) mass is 350 g/mol. The van der Waals surface area contributed by atoms with Gasteiger partial charge in [0.15, 0.2) is 0 Å². The molecule has 0 aliphatic rings. The van der Waals surface area contributed by atoms with Crippen molar-refractivity contribution in [3.63, 3.8) is 0 Å². The highest BCUT2D eigenvalue weighted by atomic mass is 79.9. The van der Waals surface area contributed by atoms with Crippen LogP contribution in [0.25, 0.3) is 0 Å². The van der Waals surface area contributed by atoms with Crippen LogP contribution in [0.3, 0.4) is 0 Å². The quantitative estimate of drug-likeness (QED) is 0.471. The zero-order valence-electron chi connectivity index (χ0n) is 11.5. The Hall–Kier alpha value is -0.810. The van der Waals surface area contributed by atoms with E-state index >= 15 is 0 Å². The molecule has 2 nitrogen and oxygen atoms in total. The fraction of sp³-hybridized carbons (Fsp3) is 0.250. The number of hydrogen-bond donors (Lipinski definition) is 2. The van der Waals surface area contributed by atoms with Gasteiger partial charge in [0.25, 0.3) is 0 Å². The number of rotatable bonds is 6. The minimum absolute atomic E-state index is 0.248. The second-order valence-electron chi connectivity index (χ2n) is 4.74. The summed E-state index contributed by atoms with van der Waals surface area (Å²) in [6, 6.07) is 17.0. The highest BCUT2D eigenvalue weighted by molar-refractivity contribution is 9.10. The van der Waals surface area contributed by atoms with Gasteiger partial charge in [-0.3, -0.25) is 11.3 Å². The van der Waals surface area contributed by atoms with Crippen molar-refractivity contribution in [2.24, 2.45) is 5.84 Å². The van der Waals surface area contributed by atoms with E-state index in [-0.39, 0.29) is 6.04 Å². The number of halogens is 1. The van der Waals surface area contributed by atoms with E-state index in [1.807, 2.05) is 17.8 Å². The van der Waals surface area contributed by atoms with Crippen LogP contribution in [0.2, 0.25) is 0 Å². The van der Waals surface area contributed by atoms with Crippen LogP contribution >= 0.6 is 27.7 Å². The Kier molecular flexibility index (Phi) is 6.10. The average Bonchev–Trinajstić information content (AvgIpc) is 2.47. The third kappa shape index (κ3) is 4.35. The molecule has 0 aromatic heterocycles. The molecule has 0 amide bonds. The Morgan fingerprint density at radius 1 is 1.15 bits per heavy atom. The van der Waals surface area contributed by atoms with Gasteiger partial charge in [-0.15, -0.1) is 11.8 Å². The van der Waals surface area contributed by atoms with Crippen molar-refractivity contribution in [3.05, 3.63) is 64.1 Å². The zero-order chi connectivity index (χ0) is 14.4. The van der Waals surface area contributed by atoms with Crippen LogP contribution in [-0.2, 0) is 6.42 Å². The normalized spacial score (nSPS) is 12.3. The number of aryl methyl sites for hydroxylation is 1. The molecule has 0 saturated heterocycles. The van der Waals surface area contributed by atoms with E-state index in [1.165, 1.54) is 16.0 Å². The fourth-order valence-electron chi connectivity index (χ4n) is 2.00. The van der Waals surface area contributed by atoms with Crippen molar-refractivity contribution in [1.82, 2.24) is 5.43 Å². The van der Waals surface area contributed by atoms with Gasteiger partial charge in [-0.05, 0) is 36.6 Å². The lowest BCUT2D eigenvalue weighted by molar-refractivity contribution is 0.574. The van der Waals surface area contributed by atoms with Crippen LogP contribution in [0.4, 0.5) is 0 Å². The van der Waals surface area contributed by atoms with Crippen molar-refractivity contribution in [2.45, 2.75) is 24.3 Å². The van der Waals surface area contributed by atoms with E-state index in [2.05, 4.69) is 70.7 Å². The van der Waals surface area contributed by atoms with Gasteiger partial charge < -0.3 is 0 Å². The van der Waals surface area contributed by atoms with Crippen LogP contribution < -0.4 is 11.3 Å². The van der Waals surface area contributed by atoms with Crippen LogP contribution in [0.15, 0.2) is 57.9 Å². The summed E-state index contributed by atoms with van der Waals surface area (Å²) in [4.78, 5) is 1.32. The average molecular weight is 351 g/mol. The van der Waals surface area contributed by atoms with Gasteiger partial charge in [-0.1, -0.05) is 52.3 Å². The molecular formula is C16H19BrN2S. The first-order chi connectivity index (χ1) is 9.70. The minimum atomic E-state index is 0.248. The van der Waals surface area contributed by atoms with E-state index < -0.39 is 0 Å². The zero-order valence-corrected chi connectivity index (χ0v) is 13.9. The molecule has 4 heteroatoms. The molecule has 0 heterocycles. The molecule has 2 aromatic rings. The van der Waals surface area contributed by atoms with Gasteiger partial charge in [-0.2, -0.15) is 0 Å². The Balaban J connectivity index is 1.96. The Labute approximate surface area is 133 Å². The van der Waals surface area contributed by atoms with Gasteiger partial charge in [-0.25, -0.2) is 0 Å². The first-order valence-electron chi connectivity index (χ1n) is 6.58. The van der Waals surface area contributed by atoms with Crippen LogP contribution in [0, 0.1) is 6.92 Å². The Morgan fingerprint density at radius 2 is 1.85 bits per heavy atom. The lowest BCUT2D eigenvalue weighted by Gasteiger charge is -2.17. The van der Waals surface area contributed by atoms with E-state index in [4.69, 9.17) is 5.84 Å². The van der Waals surface area contributed by atoms with Gasteiger partial charge in [0.1, 0.15) is 0 Å². The molecule has 3 N–H and O–H groups in total. The lowest BCUT2D eigenvalue weighted by Crippen LogP contribution is -2.38. The molecule has 1 atom stereocenters. The van der Waals surface area contributed by atoms with E-state index in [0.717, 1.165) is 16.6 Å². The molecule has 0 aliphatic carbocycles. The van der Waals surface area contributed by atoms with Crippen molar-refractivity contribution < 1.29 is 0 Å². The van der Waals surface area contributed by atoms with Crippen molar-refractivity contribution >= 4 is 27.7 Å². The largest absolute Gasteiger partial charge is 0.271 e. The SMILES string of the molecule is Cc1ccccc1SCC(Cc1ccccc1Br)NN. The predicted octanol–water partition coefficient (Wildman–Crippen LogP) is 3.92. The van der Waals surface area contributed by atoms with Crippen LogP contribution in [0.1, 0.15) is 11.1 Å². The predicted molar refractivity (Wildman–Crippen MR) is 90.9 cm³/mol. The highest BCUT2D eigenvalue weighted by Crippen LogP contribution is 2.24. The van der Waals surface area contributed by atoms with Gasteiger partial charge >= 0.3 is 0 Å². The van der Waals surface area contributed by atoms with E-state index in [1.54, 1.807) is 0 Å². The van der Waals surface area contributed by atoms with Gasteiger partial charge in [0.2, 0.25) is 0 Å². The maximum atomic E-state index is 5.69. The number of nitrogens with two attached hydrogens (primary N) is 1. The maximum Gasteiger partial charge on any atom is 0.0345 e. The summed E-state index contributed by atoms with van der Waals surface area (Å²) in [6.07, 6.45) is 0.913. The van der Waals surface area contributed by atoms with Gasteiger partial charge in [0.05, 0.1) is 0 Å². The number of benzene rings is 2. The first kappa shape index (κ1) is 15.6. The molecule has 0 spiro atoms. The highest BCUT2D eigenvalue weighted by Gasteiger charge is 2.11. The number of thioether (sulfide) groups is 1. The lowest BCUT2D eigenvalue weighted by atomic mass is 10.1. The molecule has 0 saturated carbocycles. The molecule has 2 rings (SSSR count).